The zero-order valence-corrected chi connectivity index (χ0v) is 12.0. The molecule has 0 N–H and O–H groups in total. The van der Waals surface area contributed by atoms with Crippen molar-refractivity contribution in [2.75, 3.05) is 0 Å². The Morgan fingerprint density at radius 2 is 1.77 bits per heavy atom. The van der Waals surface area contributed by atoms with Crippen molar-refractivity contribution in [3.8, 4) is 0 Å². The van der Waals surface area contributed by atoms with E-state index >= 15 is 0 Å². The molecular formula is C7H13O4SiY+2. The average molecular weight is 278 g/mol. The summed E-state index contributed by atoms with van der Waals surface area (Å²) in [5.41, 5.74) is 0. The van der Waals surface area contributed by atoms with E-state index in [1.807, 2.05) is 0 Å². The van der Waals surface area contributed by atoms with Gasteiger partial charge in [0.25, 0.3) is 5.97 Å². The number of hydrogen-bond acceptors (Lipinski definition) is 4. The van der Waals surface area contributed by atoms with Crippen molar-refractivity contribution in [1.29, 1.82) is 0 Å². The van der Waals surface area contributed by atoms with E-state index in [0.29, 0.717) is 0 Å². The van der Waals surface area contributed by atoms with Crippen LogP contribution < -0.4 is 0 Å². The fourth-order valence-electron chi connectivity index (χ4n) is 0.641. The molecule has 0 aromatic carbocycles. The fraction of sp³-hybridized carbons (Fsp3) is 0.571. The number of carbonyl (C=O) groups is 2. The summed E-state index contributed by atoms with van der Waals surface area (Å²) in [5.74, 6) is -1.01. The van der Waals surface area contributed by atoms with Crippen LogP contribution in [0, 0.1) is 6.92 Å². The Morgan fingerprint density at radius 1 is 1.31 bits per heavy atom. The van der Waals surface area contributed by atoms with Crippen molar-refractivity contribution in [3.05, 3.63) is 6.92 Å². The van der Waals surface area contributed by atoms with Crippen molar-refractivity contribution in [1.82, 2.24) is 0 Å². The minimum Gasteiger partial charge on any atom is -0.508 e. The van der Waals surface area contributed by atoms with Crippen molar-refractivity contribution in [2.24, 2.45) is 0 Å². The predicted octanol–water partition coefficient (Wildman–Crippen LogP) is 1.02. The zero-order chi connectivity index (χ0) is 9.78. The molecule has 0 aliphatic carbocycles. The minimum absolute atomic E-state index is 0. The maximum atomic E-state index is 10.8. The topological polar surface area (TPSA) is 52.6 Å². The Kier molecular flexibility index (Phi) is 7.88. The van der Waals surface area contributed by atoms with Crippen LogP contribution in [0.4, 0.5) is 0 Å². The molecule has 0 aromatic heterocycles. The summed E-state index contributed by atoms with van der Waals surface area (Å²) in [4.78, 5) is 21.2. The van der Waals surface area contributed by atoms with Gasteiger partial charge in [-0.3, -0.25) is 9.59 Å². The van der Waals surface area contributed by atoms with Gasteiger partial charge in [0.1, 0.15) is 0 Å². The summed E-state index contributed by atoms with van der Waals surface area (Å²) in [6.45, 7) is 7.95. The number of rotatable bonds is 3. The van der Waals surface area contributed by atoms with Gasteiger partial charge in [-0.25, -0.2) is 0 Å². The third-order valence-corrected chi connectivity index (χ3v) is 2.45. The zero-order valence-electron chi connectivity index (χ0n) is 8.12. The molecule has 0 saturated heterocycles. The number of carbonyl (C=O) groups excluding carboxylic acids is 2. The van der Waals surface area contributed by atoms with E-state index in [2.05, 4.69) is 6.92 Å². The molecule has 0 fully saturated rings. The minimum atomic E-state index is -2.61. The molecule has 0 radical (unpaired) electrons. The van der Waals surface area contributed by atoms with Gasteiger partial charge in [0.2, 0.25) is 0 Å². The maximum Gasteiger partial charge on any atom is 3.00 e. The molecule has 0 heterocycles. The first-order valence-electron chi connectivity index (χ1n) is 3.64. The van der Waals surface area contributed by atoms with Crippen LogP contribution in [0.1, 0.15) is 13.3 Å². The Morgan fingerprint density at radius 3 is 2.08 bits per heavy atom. The van der Waals surface area contributed by atoms with E-state index in [-0.39, 0.29) is 45.1 Å². The number of hydrogen-bond donors (Lipinski definition) is 0. The monoisotopic (exact) mass is 278 g/mol. The largest absolute Gasteiger partial charge is 3.00 e. The molecule has 4 nitrogen and oxygen atoms in total. The average Bonchev–Trinajstić information content (AvgIpc) is 1.83. The molecule has 0 aromatic rings. The molecule has 0 bridgehead atoms. The van der Waals surface area contributed by atoms with Crippen LogP contribution in [-0.2, 0) is 51.2 Å². The van der Waals surface area contributed by atoms with Gasteiger partial charge in [-0.1, -0.05) is 6.92 Å². The Bertz CT molecular complexity index is 193. The maximum absolute atomic E-state index is 10.8. The van der Waals surface area contributed by atoms with E-state index in [4.69, 9.17) is 8.85 Å². The van der Waals surface area contributed by atoms with E-state index in [0.717, 1.165) is 0 Å². The van der Waals surface area contributed by atoms with Gasteiger partial charge in [0, 0.05) is 19.5 Å². The molecule has 0 rings (SSSR count). The molecular weight excluding hydrogens is 265 g/mol. The Balaban J connectivity index is 0. The molecule has 70 valence electrons. The van der Waals surface area contributed by atoms with Crippen molar-refractivity contribution < 1.29 is 51.2 Å². The van der Waals surface area contributed by atoms with Gasteiger partial charge < -0.3 is 15.8 Å². The third kappa shape index (κ3) is 8.46. The van der Waals surface area contributed by atoms with Gasteiger partial charge in [-0.05, 0) is 0 Å². The molecule has 0 spiro atoms. The summed E-state index contributed by atoms with van der Waals surface area (Å²) in [5, 5.41) is 0. The molecule has 0 amide bonds. The van der Waals surface area contributed by atoms with Gasteiger partial charge in [0.15, 0.2) is 5.97 Å². The fourth-order valence-corrected chi connectivity index (χ4v) is 1.92. The van der Waals surface area contributed by atoms with Crippen molar-refractivity contribution in [3.63, 3.8) is 0 Å². The predicted molar refractivity (Wildman–Crippen MR) is 45.3 cm³/mol. The first-order chi connectivity index (χ1) is 5.37. The Labute approximate surface area is 104 Å². The first-order valence-corrected chi connectivity index (χ1v) is 6.46. The SMILES string of the molecule is [CH2-]C(=O)O[Si](C)(C)OC(=O)CC.[Y+3]. The molecule has 0 aliphatic heterocycles. The van der Waals surface area contributed by atoms with Gasteiger partial charge in [-0.15, -0.1) is 0 Å². The second-order valence-corrected chi connectivity index (χ2v) is 5.91. The van der Waals surface area contributed by atoms with E-state index < -0.39 is 14.5 Å². The van der Waals surface area contributed by atoms with Crippen molar-refractivity contribution >= 4 is 20.5 Å². The molecule has 0 aliphatic rings. The summed E-state index contributed by atoms with van der Waals surface area (Å²) in [6.07, 6.45) is 0.283. The van der Waals surface area contributed by atoms with E-state index in [1.54, 1.807) is 20.0 Å². The molecule has 0 saturated carbocycles. The summed E-state index contributed by atoms with van der Waals surface area (Å²) in [6, 6.07) is 0. The van der Waals surface area contributed by atoms with Gasteiger partial charge in [0.05, 0.1) is 0 Å². The smallest absolute Gasteiger partial charge is 0.508 e. The van der Waals surface area contributed by atoms with Crippen LogP contribution in [-0.4, -0.2) is 20.5 Å². The quantitative estimate of drug-likeness (QED) is 0.571. The van der Waals surface area contributed by atoms with Crippen molar-refractivity contribution in [2.45, 2.75) is 26.4 Å². The van der Waals surface area contributed by atoms with Crippen LogP contribution >= 0.6 is 0 Å². The molecule has 0 unspecified atom stereocenters. The second-order valence-electron chi connectivity index (χ2n) is 2.70. The summed E-state index contributed by atoms with van der Waals surface area (Å²) in [7, 11) is -2.61. The normalized spacial score (nSPS) is 9.77. The van der Waals surface area contributed by atoms with E-state index in [9.17, 15) is 9.59 Å². The standard InChI is InChI=1S/C7H13O4Si.Y/c1-5-7(9)11-12(3,4)10-6(2)8;/h2,5H2,1,3-4H3;/q-1;+3. The first kappa shape index (κ1) is 15.6. The third-order valence-electron chi connectivity index (χ3n) is 1.01. The summed E-state index contributed by atoms with van der Waals surface area (Å²) < 4.78 is 9.67. The van der Waals surface area contributed by atoms with Crippen LogP contribution in [0.25, 0.3) is 0 Å². The Hall–Kier alpha value is 0.131. The van der Waals surface area contributed by atoms with Crippen LogP contribution in [0.5, 0.6) is 0 Å². The van der Waals surface area contributed by atoms with E-state index in [1.165, 1.54) is 0 Å². The molecule has 0 atom stereocenters. The van der Waals surface area contributed by atoms with Gasteiger partial charge >= 0.3 is 41.3 Å². The van der Waals surface area contributed by atoms with Crippen LogP contribution in [0.2, 0.25) is 13.1 Å². The summed E-state index contributed by atoms with van der Waals surface area (Å²) >= 11 is 0. The second kappa shape index (κ2) is 6.56. The molecule has 6 heteroatoms. The van der Waals surface area contributed by atoms with Gasteiger partial charge in [-0.2, -0.15) is 0 Å². The van der Waals surface area contributed by atoms with Crippen LogP contribution in [0.3, 0.4) is 0 Å². The molecule has 13 heavy (non-hydrogen) atoms. The van der Waals surface area contributed by atoms with Crippen LogP contribution in [0.15, 0.2) is 0 Å².